The van der Waals surface area contributed by atoms with Crippen molar-refractivity contribution in [3.63, 3.8) is 0 Å². The number of carbonyl (C=O) groups is 1. The summed E-state index contributed by atoms with van der Waals surface area (Å²) in [6.07, 6.45) is 1.54. The standard InChI is InChI=1S/C22H29FN4O.HI/c1-4-24-22(25-14-12-17-8-10-20(23)11-9-17)26-15-13-18-6-5-7-19(16-18)21(28)27(2)3;/h5-11,16H,4,12-15H2,1-3H3,(H2,24,25,26);1H. The molecule has 0 aliphatic heterocycles. The molecule has 2 aromatic rings. The first-order valence-electron chi connectivity index (χ1n) is 9.57. The molecule has 0 aliphatic carbocycles. The molecule has 0 heterocycles. The summed E-state index contributed by atoms with van der Waals surface area (Å²) >= 11 is 0. The normalized spacial score (nSPS) is 10.8. The van der Waals surface area contributed by atoms with E-state index < -0.39 is 0 Å². The molecule has 0 aromatic heterocycles. The summed E-state index contributed by atoms with van der Waals surface area (Å²) in [7, 11) is 3.50. The number of carbonyl (C=O) groups excluding carboxylic acids is 1. The van der Waals surface area contributed by atoms with Gasteiger partial charge >= 0.3 is 0 Å². The highest BCUT2D eigenvalue weighted by Crippen LogP contribution is 2.08. The second-order valence-corrected chi connectivity index (χ2v) is 6.71. The van der Waals surface area contributed by atoms with Crippen molar-refractivity contribution in [3.8, 4) is 0 Å². The van der Waals surface area contributed by atoms with E-state index in [4.69, 9.17) is 0 Å². The molecule has 0 spiro atoms. The van der Waals surface area contributed by atoms with Crippen molar-refractivity contribution in [2.45, 2.75) is 19.8 Å². The Morgan fingerprint density at radius 2 is 1.76 bits per heavy atom. The smallest absolute Gasteiger partial charge is 0.253 e. The Hall–Kier alpha value is -2.16. The third-order valence-corrected chi connectivity index (χ3v) is 4.21. The largest absolute Gasteiger partial charge is 0.357 e. The molecule has 1 amide bonds. The Balaban J connectivity index is 0.00000420. The van der Waals surface area contributed by atoms with Gasteiger partial charge in [-0.1, -0.05) is 24.3 Å². The van der Waals surface area contributed by atoms with Crippen LogP contribution in [0.4, 0.5) is 4.39 Å². The molecule has 5 nitrogen and oxygen atoms in total. The number of hydrogen-bond donors (Lipinski definition) is 2. The summed E-state index contributed by atoms with van der Waals surface area (Å²) < 4.78 is 13.0. The molecule has 0 fully saturated rings. The van der Waals surface area contributed by atoms with Crippen molar-refractivity contribution in [1.82, 2.24) is 15.5 Å². The first kappa shape index (κ1) is 24.9. The van der Waals surface area contributed by atoms with Crippen LogP contribution in [-0.4, -0.2) is 50.5 Å². The zero-order chi connectivity index (χ0) is 20.4. The van der Waals surface area contributed by atoms with Gasteiger partial charge in [-0.05, 0) is 55.2 Å². The molecule has 2 rings (SSSR count). The van der Waals surface area contributed by atoms with Gasteiger partial charge in [0, 0.05) is 39.3 Å². The molecule has 0 saturated heterocycles. The molecule has 158 valence electrons. The van der Waals surface area contributed by atoms with Gasteiger partial charge in [0.1, 0.15) is 5.82 Å². The van der Waals surface area contributed by atoms with Crippen LogP contribution >= 0.6 is 24.0 Å². The first-order chi connectivity index (χ1) is 13.5. The fourth-order valence-electron chi connectivity index (χ4n) is 2.73. The minimum Gasteiger partial charge on any atom is -0.357 e. The Morgan fingerprint density at radius 1 is 1.03 bits per heavy atom. The SMILES string of the molecule is CCNC(=NCCc1ccc(F)cc1)NCCc1cccc(C(=O)N(C)C)c1.I. The van der Waals surface area contributed by atoms with Gasteiger partial charge in [0.15, 0.2) is 5.96 Å². The molecule has 2 N–H and O–H groups in total. The molecule has 7 heteroatoms. The van der Waals surface area contributed by atoms with Crippen molar-refractivity contribution in [2.24, 2.45) is 4.99 Å². The van der Waals surface area contributed by atoms with E-state index in [9.17, 15) is 9.18 Å². The third kappa shape index (κ3) is 8.81. The average molecular weight is 512 g/mol. The Bertz CT molecular complexity index is 794. The Labute approximate surface area is 189 Å². The summed E-state index contributed by atoms with van der Waals surface area (Å²) in [6.45, 7) is 4.12. The molecule has 0 radical (unpaired) electrons. The van der Waals surface area contributed by atoms with Crippen LogP contribution in [0.15, 0.2) is 53.5 Å². The Morgan fingerprint density at radius 3 is 2.41 bits per heavy atom. The van der Waals surface area contributed by atoms with Crippen LogP contribution in [0.25, 0.3) is 0 Å². The van der Waals surface area contributed by atoms with Crippen molar-refractivity contribution in [1.29, 1.82) is 0 Å². The van der Waals surface area contributed by atoms with Crippen molar-refractivity contribution < 1.29 is 9.18 Å². The van der Waals surface area contributed by atoms with E-state index in [0.29, 0.717) is 18.7 Å². The predicted octanol–water partition coefficient (Wildman–Crippen LogP) is 3.49. The highest BCUT2D eigenvalue weighted by Gasteiger charge is 2.08. The number of aliphatic imine (C=N–C) groups is 1. The summed E-state index contributed by atoms with van der Waals surface area (Å²) in [5.74, 6) is 0.536. The van der Waals surface area contributed by atoms with Crippen LogP contribution in [0.5, 0.6) is 0 Å². The Kier molecular flexibility index (Phi) is 11.3. The summed E-state index contributed by atoms with van der Waals surface area (Å²) in [5, 5.41) is 6.55. The highest BCUT2D eigenvalue weighted by molar-refractivity contribution is 14.0. The molecule has 0 unspecified atom stereocenters. The van der Waals surface area contributed by atoms with Gasteiger partial charge in [0.2, 0.25) is 0 Å². The van der Waals surface area contributed by atoms with E-state index in [2.05, 4.69) is 15.6 Å². The molecule has 0 atom stereocenters. The molecule has 0 bridgehead atoms. The minimum absolute atomic E-state index is 0. The van der Waals surface area contributed by atoms with Gasteiger partial charge in [0.25, 0.3) is 5.91 Å². The van der Waals surface area contributed by atoms with Gasteiger partial charge in [-0.3, -0.25) is 9.79 Å². The maximum Gasteiger partial charge on any atom is 0.253 e. The van der Waals surface area contributed by atoms with Crippen molar-refractivity contribution >= 4 is 35.8 Å². The number of nitrogens with one attached hydrogen (secondary N) is 2. The van der Waals surface area contributed by atoms with Gasteiger partial charge < -0.3 is 15.5 Å². The molecule has 29 heavy (non-hydrogen) atoms. The number of hydrogen-bond acceptors (Lipinski definition) is 2. The average Bonchev–Trinajstić information content (AvgIpc) is 2.69. The van der Waals surface area contributed by atoms with Crippen LogP contribution in [-0.2, 0) is 12.8 Å². The number of halogens is 2. The van der Waals surface area contributed by atoms with Gasteiger partial charge in [0.05, 0.1) is 0 Å². The van der Waals surface area contributed by atoms with Gasteiger partial charge in [-0.25, -0.2) is 4.39 Å². The topological polar surface area (TPSA) is 56.7 Å². The van der Waals surface area contributed by atoms with Crippen LogP contribution in [0.3, 0.4) is 0 Å². The molecule has 2 aromatic carbocycles. The second-order valence-electron chi connectivity index (χ2n) is 6.71. The molecular weight excluding hydrogens is 482 g/mol. The summed E-state index contributed by atoms with van der Waals surface area (Å²) in [4.78, 5) is 18.2. The zero-order valence-corrected chi connectivity index (χ0v) is 19.6. The fraction of sp³-hybridized carbons (Fsp3) is 0.364. The van der Waals surface area contributed by atoms with E-state index in [-0.39, 0.29) is 35.7 Å². The molecular formula is C22H30FIN4O. The van der Waals surface area contributed by atoms with E-state index in [1.807, 2.05) is 31.2 Å². The lowest BCUT2D eigenvalue weighted by molar-refractivity contribution is 0.0827. The summed E-state index contributed by atoms with van der Waals surface area (Å²) in [6, 6.07) is 14.2. The second kappa shape index (κ2) is 13.1. The van der Waals surface area contributed by atoms with E-state index in [1.54, 1.807) is 31.1 Å². The minimum atomic E-state index is -0.224. The van der Waals surface area contributed by atoms with E-state index in [1.165, 1.54) is 12.1 Å². The maximum atomic E-state index is 13.0. The lowest BCUT2D eigenvalue weighted by Crippen LogP contribution is -2.38. The van der Waals surface area contributed by atoms with Crippen LogP contribution in [0, 0.1) is 5.82 Å². The number of nitrogens with zero attached hydrogens (tertiary/aromatic N) is 2. The van der Waals surface area contributed by atoms with Crippen LogP contribution in [0.2, 0.25) is 0 Å². The third-order valence-electron chi connectivity index (χ3n) is 4.21. The van der Waals surface area contributed by atoms with Crippen molar-refractivity contribution in [2.75, 3.05) is 33.7 Å². The van der Waals surface area contributed by atoms with E-state index in [0.717, 1.165) is 36.5 Å². The molecule has 0 aliphatic rings. The molecule has 0 saturated carbocycles. The lowest BCUT2D eigenvalue weighted by Gasteiger charge is -2.13. The van der Waals surface area contributed by atoms with E-state index >= 15 is 0 Å². The number of amides is 1. The highest BCUT2D eigenvalue weighted by atomic mass is 127. The van der Waals surface area contributed by atoms with Gasteiger partial charge in [-0.15, -0.1) is 24.0 Å². The summed E-state index contributed by atoms with van der Waals surface area (Å²) in [5.41, 5.74) is 2.85. The fourth-order valence-corrected chi connectivity index (χ4v) is 2.73. The van der Waals surface area contributed by atoms with Crippen LogP contribution < -0.4 is 10.6 Å². The van der Waals surface area contributed by atoms with Gasteiger partial charge in [-0.2, -0.15) is 0 Å². The predicted molar refractivity (Wildman–Crippen MR) is 128 cm³/mol. The van der Waals surface area contributed by atoms with Crippen LogP contribution in [0.1, 0.15) is 28.4 Å². The number of rotatable bonds is 8. The number of guanidine groups is 1. The van der Waals surface area contributed by atoms with Crippen molar-refractivity contribution in [3.05, 3.63) is 71.0 Å². The first-order valence-corrected chi connectivity index (χ1v) is 9.57. The number of benzene rings is 2. The quantitative estimate of drug-likeness (QED) is 0.324. The maximum absolute atomic E-state index is 13.0. The zero-order valence-electron chi connectivity index (χ0n) is 17.2. The lowest BCUT2D eigenvalue weighted by atomic mass is 10.1. The monoisotopic (exact) mass is 512 g/mol.